The third-order valence-corrected chi connectivity index (χ3v) is 1.78. The van der Waals surface area contributed by atoms with E-state index in [1.54, 1.807) is 0 Å². The minimum absolute atomic E-state index is 0.434. The van der Waals surface area contributed by atoms with E-state index in [0.29, 0.717) is 12.8 Å². The van der Waals surface area contributed by atoms with Crippen LogP contribution in [-0.4, -0.2) is 10.9 Å². The third-order valence-electron chi connectivity index (χ3n) is 1.78. The maximum Gasteiger partial charge on any atom is 0.204 e. The van der Waals surface area contributed by atoms with Gasteiger partial charge in [-0.25, -0.2) is 0 Å². The lowest BCUT2D eigenvalue weighted by Crippen LogP contribution is -2.31. The van der Waals surface area contributed by atoms with Gasteiger partial charge in [0.25, 0.3) is 0 Å². The van der Waals surface area contributed by atoms with E-state index in [1.807, 2.05) is 0 Å². The highest BCUT2D eigenvalue weighted by Crippen LogP contribution is 2.28. The van der Waals surface area contributed by atoms with Crippen molar-refractivity contribution in [3.8, 4) is 0 Å². The van der Waals surface area contributed by atoms with Gasteiger partial charge in [0.15, 0.2) is 0 Å². The van der Waals surface area contributed by atoms with Crippen molar-refractivity contribution in [3.05, 3.63) is 0 Å². The average molecular weight is 134 g/mol. The van der Waals surface area contributed by atoms with Crippen LogP contribution in [-0.2, 0) is 4.94 Å². The Bertz CT molecular complexity index is 89.1. The molecule has 1 aliphatic rings. The molecule has 0 bridgehead atoms. The topological polar surface area (TPSA) is 29.5 Å². The van der Waals surface area contributed by atoms with Gasteiger partial charge in [0.1, 0.15) is 0 Å². The van der Waals surface area contributed by atoms with Crippen LogP contribution in [0.2, 0.25) is 0 Å². The summed E-state index contributed by atoms with van der Waals surface area (Å²) in [5, 5.41) is 9.08. The van der Waals surface area contributed by atoms with E-state index in [0.717, 1.165) is 19.3 Å². The monoisotopic (exact) mass is 134 g/mol. The molecule has 0 aromatic carbocycles. The van der Waals surface area contributed by atoms with Gasteiger partial charge in [-0.2, -0.15) is 4.94 Å². The average Bonchev–Trinajstić information content (AvgIpc) is 1.90. The standard InChI is InChI=1S/C6H11FO2/c7-9-6(8)4-2-1-3-5-6/h8H,1-5H2. The molecule has 54 valence electrons. The first-order valence-electron chi connectivity index (χ1n) is 3.29. The summed E-state index contributed by atoms with van der Waals surface area (Å²) in [4.78, 5) is 3.43. The highest BCUT2D eigenvalue weighted by Gasteiger charge is 2.30. The van der Waals surface area contributed by atoms with E-state index in [2.05, 4.69) is 4.94 Å². The predicted molar refractivity (Wildman–Crippen MR) is 30.2 cm³/mol. The molecule has 0 saturated heterocycles. The SMILES string of the molecule is OC1(OF)CCCCC1. The van der Waals surface area contributed by atoms with E-state index in [1.165, 1.54) is 0 Å². The minimum Gasteiger partial charge on any atom is -0.363 e. The van der Waals surface area contributed by atoms with Gasteiger partial charge in [-0.15, -0.1) is 0 Å². The molecule has 0 atom stereocenters. The fourth-order valence-electron chi connectivity index (χ4n) is 1.18. The molecule has 1 fully saturated rings. The normalized spacial score (nSPS) is 26.0. The summed E-state index contributed by atoms with van der Waals surface area (Å²) in [6, 6.07) is 0. The van der Waals surface area contributed by atoms with E-state index in [9.17, 15) is 4.53 Å². The maximum absolute atomic E-state index is 11.5. The van der Waals surface area contributed by atoms with Gasteiger partial charge in [-0.1, -0.05) is 6.42 Å². The zero-order chi connectivity index (χ0) is 6.74. The van der Waals surface area contributed by atoms with Gasteiger partial charge in [-0.3, -0.25) is 0 Å². The fourth-order valence-corrected chi connectivity index (χ4v) is 1.18. The van der Waals surface area contributed by atoms with E-state index in [-0.39, 0.29) is 0 Å². The van der Waals surface area contributed by atoms with Crippen LogP contribution in [0.15, 0.2) is 0 Å². The lowest BCUT2D eigenvalue weighted by atomic mass is 9.95. The smallest absolute Gasteiger partial charge is 0.204 e. The molecule has 1 aliphatic carbocycles. The zero-order valence-electron chi connectivity index (χ0n) is 5.27. The molecule has 0 heterocycles. The molecule has 0 aromatic heterocycles. The summed E-state index contributed by atoms with van der Waals surface area (Å²) >= 11 is 0. The second-order valence-electron chi connectivity index (χ2n) is 2.58. The van der Waals surface area contributed by atoms with Crippen LogP contribution in [0.3, 0.4) is 0 Å². The van der Waals surface area contributed by atoms with Crippen molar-refractivity contribution in [2.45, 2.75) is 37.9 Å². The summed E-state index contributed by atoms with van der Waals surface area (Å²) in [5.74, 6) is -1.45. The zero-order valence-corrected chi connectivity index (χ0v) is 5.27. The summed E-state index contributed by atoms with van der Waals surface area (Å²) in [6.07, 6.45) is 3.67. The molecule has 0 unspecified atom stereocenters. The molecule has 1 saturated carbocycles. The van der Waals surface area contributed by atoms with Crippen LogP contribution < -0.4 is 0 Å². The van der Waals surface area contributed by atoms with Crippen molar-refractivity contribution in [1.29, 1.82) is 0 Å². The quantitative estimate of drug-likeness (QED) is 0.551. The van der Waals surface area contributed by atoms with Gasteiger partial charge in [-0.05, 0) is 17.4 Å². The summed E-state index contributed by atoms with van der Waals surface area (Å²) in [7, 11) is 0. The summed E-state index contributed by atoms with van der Waals surface area (Å²) in [6.45, 7) is 0. The second-order valence-corrected chi connectivity index (χ2v) is 2.58. The second kappa shape index (κ2) is 2.62. The first kappa shape index (κ1) is 6.96. The highest BCUT2D eigenvalue weighted by molar-refractivity contribution is 4.70. The highest BCUT2D eigenvalue weighted by atomic mass is 19.3. The molecule has 1 N–H and O–H groups in total. The Hall–Kier alpha value is -0.150. The van der Waals surface area contributed by atoms with Crippen molar-refractivity contribution in [1.82, 2.24) is 0 Å². The number of hydrogen-bond acceptors (Lipinski definition) is 2. The number of aliphatic hydroxyl groups is 1. The van der Waals surface area contributed by atoms with Crippen molar-refractivity contribution in [3.63, 3.8) is 0 Å². The van der Waals surface area contributed by atoms with Crippen molar-refractivity contribution >= 4 is 0 Å². The third kappa shape index (κ3) is 1.63. The minimum atomic E-state index is -1.45. The van der Waals surface area contributed by atoms with Crippen LogP contribution >= 0.6 is 0 Å². The van der Waals surface area contributed by atoms with E-state index in [4.69, 9.17) is 5.11 Å². The van der Waals surface area contributed by atoms with Gasteiger partial charge >= 0.3 is 0 Å². The molecule has 0 aliphatic heterocycles. The van der Waals surface area contributed by atoms with E-state index < -0.39 is 5.79 Å². The largest absolute Gasteiger partial charge is 0.363 e. The lowest BCUT2D eigenvalue weighted by molar-refractivity contribution is -0.337. The Kier molecular flexibility index (Phi) is 2.03. The van der Waals surface area contributed by atoms with Crippen molar-refractivity contribution in [2.75, 3.05) is 0 Å². The maximum atomic E-state index is 11.5. The fraction of sp³-hybridized carbons (Fsp3) is 1.00. The van der Waals surface area contributed by atoms with Gasteiger partial charge in [0.2, 0.25) is 5.79 Å². The molecule has 9 heavy (non-hydrogen) atoms. The molecule has 2 nitrogen and oxygen atoms in total. The molecular formula is C6H11FO2. The van der Waals surface area contributed by atoms with Crippen LogP contribution in [0.4, 0.5) is 4.53 Å². The molecule has 0 aromatic rings. The Labute approximate surface area is 53.5 Å². The van der Waals surface area contributed by atoms with Gasteiger partial charge in [0.05, 0.1) is 0 Å². The van der Waals surface area contributed by atoms with Gasteiger partial charge in [0, 0.05) is 12.8 Å². The molecular weight excluding hydrogens is 123 g/mol. The predicted octanol–water partition coefficient (Wildman–Crippen LogP) is 1.54. The summed E-state index contributed by atoms with van der Waals surface area (Å²) < 4.78 is 11.5. The molecule has 0 radical (unpaired) electrons. The Morgan fingerprint density at radius 3 is 2.11 bits per heavy atom. The van der Waals surface area contributed by atoms with Crippen LogP contribution in [0.5, 0.6) is 0 Å². The first-order chi connectivity index (χ1) is 4.27. The Balaban J connectivity index is 2.37. The van der Waals surface area contributed by atoms with Crippen molar-refractivity contribution < 1.29 is 14.6 Å². The number of hydrogen-bond donors (Lipinski definition) is 1. The van der Waals surface area contributed by atoms with Gasteiger partial charge < -0.3 is 5.11 Å². The van der Waals surface area contributed by atoms with Crippen LogP contribution in [0.1, 0.15) is 32.1 Å². The van der Waals surface area contributed by atoms with Crippen LogP contribution in [0, 0.1) is 0 Å². The van der Waals surface area contributed by atoms with Crippen molar-refractivity contribution in [2.24, 2.45) is 0 Å². The first-order valence-corrected chi connectivity index (χ1v) is 3.29. The summed E-state index contributed by atoms with van der Waals surface area (Å²) in [5.41, 5.74) is 0. The molecule has 3 heteroatoms. The van der Waals surface area contributed by atoms with E-state index >= 15 is 0 Å². The number of halogens is 1. The molecule has 0 spiro atoms. The van der Waals surface area contributed by atoms with Crippen LogP contribution in [0.25, 0.3) is 0 Å². The Morgan fingerprint density at radius 2 is 1.78 bits per heavy atom. The number of rotatable bonds is 1. The molecule has 0 amide bonds. The lowest BCUT2D eigenvalue weighted by Gasteiger charge is -2.26. The Morgan fingerprint density at radius 1 is 1.22 bits per heavy atom. The molecule has 1 rings (SSSR count).